The summed E-state index contributed by atoms with van der Waals surface area (Å²) >= 11 is 7.94. The third-order valence-corrected chi connectivity index (χ3v) is 4.75. The number of nitrogens with one attached hydrogen (secondary N) is 1. The largest absolute Gasteiger partial charge is 0.497 e. The molecule has 0 unspecified atom stereocenters. The summed E-state index contributed by atoms with van der Waals surface area (Å²) < 4.78 is 5.17. The van der Waals surface area contributed by atoms with E-state index in [4.69, 9.17) is 16.3 Å². The summed E-state index contributed by atoms with van der Waals surface area (Å²) in [6, 6.07) is 5.75. The molecule has 0 saturated heterocycles. The molecular weight excluding hydrogens is 471 g/mol. The van der Waals surface area contributed by atoms with Gasteiger partial charge in [-0.05, 0) is 31.0 Å². The molecule has 1 aromatic heterocycles. The molecule has 0 aliphatic heterocycles. The second kappa shape index (κ2) is 10.8. The van der Waals surface area contributed by atoms with Gasteiger partial charge in [0.25, 0.3) is 0 Å². The third kappa shape index (κ3) is 6.63. The number of ether oxygens (including phenoxy) is 1. The van der Waals surface area contributed by atoms with Crippen molar-refractivity contribution in [3.63, 3.8) is 0 Å². The molecule has 5 nitrogen and oxygen atoms in total. The molecule has 1 N–H and O–H groups in total. The van der Waals surface area contributed by atoms with Crippen LogP contribution in [-0.2, 0) is 13.0 Å². The van der Waals surface area contributed by atoms with Crippen molar-refractivity contribution in [3.05, 3.63) is 44.9 Å². The van der Waals surface area contributed by atoms with E-state index >= 15 is 0 Å². The number of benzene rings is 1. The highest BCUT2D eigenvalue weighted by Crippen LogP contribution is 2.22. The zero-order valence-electron chi connectivity index (χ0n) is 14.9. The Bertz CT molecular complexity index is 708. The van der Waals surface area contributed by atoms with Crippen molar-refractivity contribution in [2.75, 3.05) is 27.7 Å². The van der Waals surface area contributed by atoms with Crippen LogP contribution in [0.3, 0.4) is 0 Å². The summed E-state index contributed by atoms with van der Waals surface area (Å²) in [7, 11) is 5.42. The van der Waals surface area contributed by atoms with Crippen molar-refractivity contribution in [1.82, 2.24) is 15.2 Å². The zero-order chi connectivity index (χ0) is 17.5. The number of nitrogens with zero attached hydrogens (tertiary/aromatic N) is 3. The Kier molecular flexibility index (Phi) is 9.52. The van der Waals surface area contributed by atoms with Gasteiger partial charge >= 0.3 is 0 Å². The normalized spacial score (nSPS) is 11.0. The van der Waals surface area contributed by atoms with Crippen molar-refractivity contribution in [2.45, 2.75) is 19.9 Å². The van der Waals surface area contributed by atoms with E-state index in [-0.39, 0.29) is 24.0 Å². The van der Waals surface area contributed by atoms with E-state index in [1.54, 1.807) is 25.5 Å². The summed E-state index contributed by atoms with van der Waals surface area (Å²) in [6.45, 7) is 3.49. The first kappa shape index (κ1) is 22.0. The fraction of sp³-hybridized carbons (Fsp3) is 0.412. The standard InChI is InChI=1S/C17H23ClN4OS.HI/c1-12-21-14(11-24-12)10-22(3)17(19-2)20-8-7-13-5-6-15(23-4)9-16(13)18;/h5-6,9,11H,7-8,10H2,1-4H3,(H,19,20);1H. The lowest BCUT2D eigenvalue weighted by Gasteiger charge is -2.21. The second-order valence-electron chi connectivity index (χ2n) is 5.40. The lowest BCUT2D eigenvalue weighted by atomic mass is 10.1. The molecule has 1 heterocycles. The Morgan fingerprint density at radius 2 is 2.20 bits per heavy atom. The molecule has 1 aromatic carbocycles. The van der Waals surface area contributed by atoms with Crippen LogP contribution in [0.4, 0.5) is 0 Å². The van der Waals surface area contributed by atoms with Gasteiger partial charge in [-0.25, -0.2) is 4.98 Å². The fourth-order valence-corrected chi connectivity index (χ4v) is 3.22. The Morgan fingerprint density at radius 1 is 1.44 bits per heavy atom. The predicted octanol–water partition coefficient (Wildman–Crippen LogP) is 3.98. The van der Waals surface area contributed by atoms with Crippen LogP contribution in [0.25, 0.3) is 0 Å². The van der Waals surface area contributed by atoms with Gasteiger partial charge in [-0.3, -0.25) is 4.99 Å². The van der Waals surface area contributed by atoms with Gasteiger partial charge in [-0.15, -0.1) is 35.3 Å². The van der Waals surface area contributed by atoms with Crippen LogP contribution in [-0.4, -0.2) is 43.6 Å². The summed E-state index contributed by atoms with van der Waals surface area (Å²) in [6.07, 6.45) is 0.811. The third-order valence-electron chi connectivity index (χ3n) is 3.58. The molecule has 2 rings (SSSR count). The lowest BCUT2D eigenvalue weighted by molar-refractivity contribution is 0.414. The summed E-state index contributed by atoms with van der Waals surface area (Å²) in [5, 5.41) is 7.24. The van der Waals surface area contributed by atoms with Crippen molar-refractivity contribution in [2.24, 2.45) is 4.99 Å². The van der Waals surface area contributed by atoms with Crippen LogP contribution >= 0.6 is 46.9 Å². The van der Waals surface area contributed by atoms with Gasteiger partial charge in [-0.2, -0.15) is 0 Å². The van der Waals surface area contributed by atoms with Crippen LogP contribution in [0, 0.1) is 6.92 Å². The van der Waals surface area contributed by atoms with Crippen molar-refractivity contribution in [3.8, 4) is 5.75 Å². The molecule has 0 spiro atoms. The van der Waals surface area contributed by atoms with Gasteiger partial charge in [0.05, 0.1) is 24.4 Å². The Hall–Kier alpha value is -1.06. The van der Waals surface area contributed by atoms with Gasteiger partial charge in [0.2, 0.25) is 0 Å². The quantitative estimate of drug-likeness (QED) is 0.375. The molecule has 0 saturated carbocycles. The highest BCUT2D eigenvalue weighted by atomic mass is 127. The first-order valence-electron chi connectivity index (χ1n) is 7.68. The van der Waals surface area contributed by atoms with E-state index in [0.29, 0.717) is 0 Å². The number of hydrogen-bond donors (Lipinski definition) is 1. The second-order valence-corrected chi connectivity index (χ2v) is 6.86. The van der Waals surface area contributed by atoms with Crippen molar-refractivity contribution in [1.29, 1.82) is 0 Å². The number of rotatable bonds is 6. The zero-order valence-corrected chi connectivity index (χ0v) is 18.8. The van der Waals surface area contributed by atoms with Crippen LogP contribution in [0.15, 0.2) is 28.6 Å². The fourth-order valence-electron chi connectivity index (χ4n) is 2.35. The van der Waals surface area contributed by atoms with Gasteiger partial charge in [-0.1, -0.05) is 17.7 Å². The smallest absolute Gasteiger partial charge is 0.193 e. The lowest BCUT2D eigenvalue weighted by Crippen LogP contribution is -2.39. The molecule has 0 aliphatic carbocycles. The minimum absolute atomic E-state index is 0. The molecule has 0 radical (unpaired) electrons. The number of hydrogen-bond acceptors (Lipinski definition) is 4. The van der Waals surface area contributed by atoms with E-state index in [2.05, 4.69) is 25.6 Å². The van der Waals surface area contributed by atoms with Gasteiger partial charge < -0.3 is 15.0 Å². The van der Waals surface area contributed by atoms with Gasteiger partial charge in [0, 0.05) is 31.0 Å². The maximum atomic E-state index is 6.27. The van der Waals surface area contributed by atoms with Crippen LogP contribution in [0.1, 0.15) is 16.3 Å². The highest BCUT2D eigenvalue weighted by Gasteiger charge is 2.09. The number of thiazole rings is 1. The maximum absolute atomic E-state index is 6.27. The maximum Gasteiger partial charge on any atom is 0.193 e. The van der Waals surface area contributed by atoms with E-state index in [1.165, 1.54) is 0 Å². The molecule has 0 aliphatic rings. The Morgan fingerprint density at radius 3 is 2.76 bits per heavy atom. The SMILES string of the molecule is CN=C(NCCc1ccc(OC)cc1Cl)N(C)Cc1csc(C)n1.I. The monoisotopic (exact) mass is 494 g/mol. The summed E-state index contributed by atoms with van der Waals surface area (Å²) in [5.41, 5.74) is 2.14. The average molecular weight is 495 g/mol. The van der Waals surface area contributed by atoms with Gasteiger partial charge in [0.1, 0.15) is 5.75 Å². The van der Waals surface area contributed by atoms with Crippen molar-refractivity contribution >= 4 is 52.9 Å². The highest BCUT2D eigenvalue weighted by molar-refractivity contribution is 14.0. The molecule has 0 bridgehead atoms. The molecule has 0 amide bonds. The topological polar surface area (TPSA) is 49.8 Å². The number of halogens is 2. The van der Waals surface area contributed by atoms with E-state index in [0.717, 1.165) is 52.5 Å². The minimum Gasteiger partial charge on any atom is -0.497 e. The average Bonchev–Trinajstić information content (AvgIpc) is 2.97. The number of aromatic nitrogens is 1. The van der Waals surface area contributed by atoms with Crippen LogP contribution < -0.4 is 10.1 Å². The van der Waals surface area contributed by atoms with Crippen LogP contribution in [0.2, 0.25) is 5.02 Å². The molecule has 0 atom stereocenters. The predicted molar refractivity (Wildman–Crippen MR) is 117 cm³/mol. The molecule has 0 fully saturated rings. The Labute approximate surface area is 175 Å². The Balaban J connectivity index is 0.00000312. The first-order chi connectivity index (χ1) is 11.5. The molecule has 2 aromatic rings. The van der Waals surface area contributed by atoms with Crippen molar-refractivity contribution < 1.29 is 4.74 Å². The molecule has 25 heavy (non-hydrogen) atoms. The minimum atomic E-state index is 0. The number of methoxy groups -OCH3 is 1. The molecule has 8 heteroatoms. The first-order valence-corrected chi connectivity index (χ1v) is 8.94. The number of aliphatic imine (C=N–C) groups is 1. The van der Waals surface area contributed by atoms with E-state index < -0.39 is 0 Å². The van der Waals surface area contributed by atoms with E-state index in [9.17, 15) is 0 Å². The molecule has 138 valence electrons. The number of guanidine groups is 1. The summed E-state index contributed by atoms with van der Waals surface area (Å²) in [4.78, 5) is 10.9. The van der Waals surface area contributed by atoms with E-state index in [1.807, 2.05) is 32.2 Å². The summed E-state index contributed by atoms with van der Waals surface area (Å²) in [5.74, 6) is 1.61. The van der Waals surface area contributed by atoms with Crippen LogP contribution in [0.5, 0.6) is 5.75 Å². The molecular formula is C17H24ClIN4OS. The van der Waals surface area contributed by atoms with Gasteiger partial charge in [0.15, 0.2) is 5.96 Å². The number of aryl methyl sites for hydroxylation is 1.